The molecule has 3 aromatic rings. The number of aromatic nitrogens is 2. The number of unbranched alkanes of at least 4 members (excludes halogenated alkanes) is 1. The lowest BCUT2D eigenvalue weighted by Gasteiger charge is -2.15. The van der Waals surface area contributed by atoms with Crippen LogP contribution in [0.15, 0.2) is 48.5 Å². The minimum absolute atomic E-state index is 0.0511. The van der Waals surface area contributed by atoms with E-state index in [-0.39, 0.29) is 6.04 Å². The Labute approximate surface area is 142 Å². The van der Waals surface area contributed by atoms with Gasteiger partial charge in [-0.25, -0.2) is 4.98 Å². The first-order valence-electron chi connectivity index (χ1n) is 8.15. The molecule has 2 aromatic carbocycles. The van der Waals surface area contributed by atoms with Crippen LogP contribution in [0.5, 0.6) is 0 Å². The summed E-state index contributed by atoms with van der Waals surface area (Å²) in [7, 11) is 0. The van der Waals surface area contributed by atoms with E-state index in [0.717, 1.165) is 46.7 Å². The molecule has 0 fully saturated rings. The molecule has 4 heteroatoms. The number of nitrogens with zero attached hydrogens (tertiary/aromatic N) is 2. The summed E-state index contributed by atoms with van der Waals surface area (Å²) >= 11 is 6.34. The summed E-state index contributed by atoms with van der Waals surface area (Å²) in [5.41, 5.74) is 9.60. The SMILES string of the molecule is CCCCC(N)c1nc2ccccc2n1Cc1ccccc1Cl. The van der Waals surface area contributed by atoms with Gasteiger partial charge in [0.15, 0.2) is 0 Å². The molecule has 3 rings (SSSR count). The van der Waals surface area contributed by atoms with Crippen LogP contribution in [0.3, 0.4) is 0 Å². The number of rotatable bonds is 6. The highest BCUT2D eigenvalue weighted by molar-refractivity contribution is 6.31. The first-order valence-corrected chi connectivity index (χ1v) is 8.52. The van der Waals surface area contributed by atoms with Crippen LogP contribution in [0.4, 0.5) is 0 Å². The third-order valence-electron chi connectivity index (χ3n) is 4.17. The van der Waals surface area contributed by atoms with Gasteiger partial charge in [0, 0.05) is 5.02 Å². The van der Waals surface area contributed by atoms with Gasteiger partial charge in [-0.1, -0.05) is 61.7 Å². The molecule has 3 nitrogen and oxygen atoms in total. The number of nitrogens with two attached hydrogens (primary N) is 1. The lowest BCUT2D eigenvalue weighted by atomic mass is 10.1. The molecule has 0 saturated heterocycles. The van der Waals surface area contributed by atoms with Crippen molar-refractivity contribution in [3.8, 4) is 0 Å². The summed E-state index contributed by atoms with van der Waals surface area (Å²) in [5, 5.41) is 0.776. The van der Waals surface area contributed by atoms with Crippen LogP contribution in [0.25, 0.3) is 11.0 Å². The average Bonchev–Trinajstić information content (AvgIpc) is 2.93. The maximum atomic E-state index is 6.42. The van der Waals surface area contributed by atoms with E-state index < -0.39 is 0 Å². The van der Waals surface area contributed by atoms with E-state index in [9.17, 15) is 0 Å². The summed E-state index contributed by atoms with van der Waals surface area (Å²) in [5.74, 6) is 0.944. The van der Waals surface area contributed by atoms with Crippen LogP contribution in [0.1, 0.15) is 43.6 Å². The minimum Gasteiger partial charge on any atom is -0.322 e. The molecule has 0 bridgehead atoms. The Morgan fingerprint density at radius 1 is 1.13 bits per heavy atom. The van der Waals surface area contributed by atoms with Crippen molar-refractivity contribution in [1.82, 2.24) is 9.55 Å². The zero-order valence-electron chi connectivity index (χ0n) is 13.4. The number of benzene rings is 2. The van der Waals surface area contributed by atoms with E-state index in [1.54, 1.807) is 0 Å². The Morgan fingerprint density at radius 3 is 2.65 bits per heavy atom. The predicted molar refractivity (Wildman–Crippen MR) is 96.7 cm³/mol. The van der Waals surface area contributed by atoms with Gasteiger partial charge in [0.2, 0.25) is 0 Å². The normalized spacial score (nSPS) is 12.7. The number of para-hydroxylation sites is 2. The maximum absolute atomic E-state index is 6.42. The Morgan fingerprint density at radius 2 is 1.87 bits per heavy atom. The third-order valence-corrected chi connectivity index (χ3v) is 4.54. The van der Waals surface area contributed by atoms with E-state index in [1.165, 1.54) is 0 Å². The van der Waals surface area contributed by atoms with Crippen LogP contribution in [0.2, 0.25) is 5.02 Å². The Hall–Kier alpha value is -1.84. The van der Waals surface area contributed by atoms with Crippen molar-refractivity contribution in [3.63, 3.8) is 0 Å². The number of imidazole rings is 1. The van der Waals surface area contributed by atoms with Crippen molar-refractivity contribution < 1.29 is 0 Å². The molecule has 120 valence electrons. The number of halogens is 1. The molecule has 0 radical (unpaired) electrons. The monoisotopic (exact) mass is 327 g/mol. The Balaban J connectivity index is 2.04. The highest BCUT2D eigenvalue weighted by Crippen LogP contribution is 2.25. The fourth-order valence-electron chi connectivity index (χ4n) is 2.89. The summed E-state index contributed by atoms with van der Waals surface area (Å²) in [6.07, 6.45) is 3.19. The van der Waals surface area contributed by atoms with Crippen LogP contribution in [-0.4, -0.2) is 9.55 Å². The number of fused-ring (bicyclic) bond motifs is 1. The van der Waals surface area contributed by atoms with Gasteiger partial charge in [-0.2, -0.15) is 0 Å². The zero-order chi connectivity index (χ0) is 16.2. The van der Waals surface area contributed by atoms with Gasteiger partial charge in [0.25, 0.3) is 0 Å². The van der Waals surface area contributed by atoms with Gasteiger partial charge < -0.3 is 10.3 Å². The third kappa shape index (κ3) is 3.41. The molecule has 1 heterocycles. The second kappa shape index (κ2) is 7.16. The Bertz CT molecular complexity index is 794. The average molecular weight is 328 g/mol. The molecule has 0 aliphatic carbocycles. The standard InChI is InChI=1S/C19H22ClN3/c1-2-3-10-16(21)19-22-17-11-6-7-12-18(17)23(19)13-14-8-4-5-9-15(14)20/h4-9,11-12,16H,2-3,10,13,21H2,1H3. The molecular weight excluding hydrogens is 306 g/mol. The molecule has 0 aliphatic heterocycles. The van der Waals surface area contributed by atoms with Crippen molar-refractivity contribution >= 4 is 22.6 Å². The summed E-state index contributed by atoms with van der Waals surface area (Å²) in [6, 6.07) is 16.1. The fourth-order valence-corrected chi connectivity index (χ4v) is 3.09. The summed E-state index contributed by atoms with van der Waals surface area (Å²) in [6.45, 7) is 2.87. The number of hydrogen-bond donors (Lipinski definition) is 1. The van der Waals surface area contributed by atoms with Gasteiger partial charge >= 0.3 is 0 Å². The summed E-state index contributed by atoms with van der Waals surface area (Å²) < 4.78 is 2.21. The predicted octanol–water partition coefficient (Wildman–Crippen LogP) is 4.93. The van der Waals surface area contributed by atoms with Crippen molar-refractivity contribution in [1.29, 1.82) is 0 Å². The van der Waals surface area contributed by atoms with E-state index in [4.69, 9.17) is 22.3 Å². The second-order valence-electron chi connectivity index (χ2n) is 5.88. The lowest BCUT2D eigenvalue weighted by molar-refractivity contribution is 0.552. The van der Waals surface area contributed by atoms with Gasteiger partial charge in [-0.15, -0.1) is 0 Å². The molecule has 1 atom stereocenters. The van der Waals surface area contributed by atoms with Crippen LogP contribution < -0.4 is 5.73 Å². The first-order chi connectivity index (χ1) is 11.2. The molecule has 0 aliphatic rings. The zero-order valence-corrected chi connectivity index (χ0v) is 14.1. The highest BCUT2D eigenvalue weighted by Gasteiger charge is 2.17. The molecular formula is C19H22ClN3. The minimum atomic E-state index is -0.0511. The van der Waals surface area contributed by atoms with Gasteiger partial charge in [-0.05, 0) is 30.2 Å². The molecule has 0 amide bonds. The maximum Gasteiger partial charge on any atom is 0.127 e. The van der Waals surface area contributed by atoms with Crippen molar-refractivity contribution in [2.75, 3.05) is 0 Å². The Kier molecular flexibility index (Phi) is 4.99. The highest BCUT2D eigenvalue weighted by atomic mass is 35.5. The number of hydrogen-bond acceptors (Lipinski definition) is 2. The van der Waals surface area contributed by atoms with Gasteiger partial charge in [0.1, 0.15) is 5.82 Å². The quantitative estimate of drug-likeness (QED) is 0.697. The molecule has 1 unspecified atom stereocenters. The van der Waals surface area contributed by atoms with Gasteiger partial charge in [-0.3, -0.25) is 0 Å². The first kappa shape index (κ1) is 16.0. The molecule has 1 aromatic heterocycles. The van der Waals surface area contributed by atoms with Crippen molar-refractivity contribution in [3.05, 3.63) is 64.9 Å². The molecule has 23 heavy (non-hydrogen) atoms. The molecule has 0 spiro atoms. The van der Waals surface area contributed by atoms with Crippen LogP contribution in [-0.2, 0) is 6.54 Å². The molecule has 2 N–H and O–H groups in total. The van der Waals surface area contributed by atoms with Crippen LogP contribution >= 0.6 is 11.6 Å². The van der Waals surface area contributed by atoms with Crippen LogP contribution in [0, 0.1) is 0 Å². The smallest absolute Gasteiger partial charge is 0.127 e. The van der Waals surface area contributed by atoms with E-state index in [0.29, 0.717) is 6.54 Å². The topological polar surface area (TPSA) is 43.8 Å². The summed E-state index contributed by atoms with van der Waals surface area (Å²) in [4.78, 5) is 4.79. The lowest BCUT2D eigenvalue weighted by Crippen LogP contribution is -2.17. The van der Waals surface area contributed by atoms with E-state index in [1.807, 2.05) is 36.4 Å². The van der Waals surface area contributed by atoms with E-state index in [2.05, 4.69) is 23.6 Å². The molecule has 0 saturated carbocycles. The van der Waals surface area contributed by atoms with Gasteiger partial charge in [0.05, 0.1) is 23.6 Å². The van der Waals surface area contributed by atoms with Crippen molar-refractivity contribution in [2.24, 2.45) is 5.73 Å². The van der Waals surface area contributed by atoms with E-state index >= 15 is 0 Å². The van der Waals surface area contributed by atoms with Crippen molar-refractivity contribution in [2.45, 2.75) is 38.8 Å². The fraction of sp³-hybridized carbons (Fsp3) is 0.316. The largest absolute Gasteiger partial charge is 0.322 e. The second-order valence-corrected chi connectivity index (χ2v) is 6.29.